The van der Waals surface area contributed by atoms with Gasteiger partial charge in [0.05, 0.1) is 17.8 Å². The number of carbonyl (C=O) groups is 4. The SMILES string of the molecule is Cc1ccccc1-c1csc(-c2cccc3c2nc(O[C@@H]2C[C@H]4C(=O)N[C@]5(C(=O)NS(=O)(=O)N(C)C)C[C@@H]5/C=C\CCCCC[C@H](NC(=O)OC(C)(C)C)C(=O)N4C2)n3C(C)C)n1. The number of nitrogens with zero attached hydrogens (tertiary/aromatic N) is 5. The predicted octanol–water partition coefficient (Wildman–Crippen LogP) is 6.28. The molecule has 0 radical (unpaired) electrons. The molecule has 2 fully saturated rings. The summed E-state index contributed by atoms with van der Waals surface area (Å²) in [6.45, 7) is 11.2. The van der Waals surface area contributed by atoms with E-state index >= 15 is 0 Å². The number of amides is 4. The van der Waals surface area contributed by atoms with Crippen LogP contribution in [0.2, 0.25) is 0 Å². The number of hydrogen-bond donors (Lipinski definition) is 3. The molecule has 2 aliphatic heterocycles. The quantitative estimate of drug-likeness (QED) is 0.161. The number of allylic oxidation sites excluding steroid dienone is 1. The number of carbonyl (C=O) groups excluding carboxylic acids is 4. The lowest BCUT2D eigenvalue weighted by Crippen LogP contribution is -2.58. The molecule has 4 amide bonds. The van der Waals surface area contributed by atoms with Crippen LogP contribution >= 0.6 is 11.3 Å². The molecule has 4 heterocycles. The Bertz CT molecular complexity index is 2530. The summed E-state index contributed by atoms with van der Waals surface area (Å²) in [5.74, 6) is -2.51. The van der Waals surface area contributed by atoms with Crippen LogP contribution < -0.4 is 20.1 Å². The van der Waals surface area contributed by atoms with E-state index in [1.807, 2.05) is 66.3 Å². The molecule has 1 aliphatic carbocycles. The molecule has 0 bridgehead atoms. The Balaban J connectivity index is 1.23. The highest BCUT2D eigenvalue weighted by Gasteiger charge is 2.62. The Labute approximate surface area is 373 Å². The lowest BCUT2D eigenvalue weighted by atomic mass is 10.0. The van der Waals surface area contributed by atoms with Gasteiger partial charge in [-0.3, -0.25) is 19.0 Å². The second-order valence-corrected chi connectivity index (χ2v) is 20.9. The van der Waals surface area contributed by atoms with E-state index in [2.05, 4.69) is 34.4 Å². The van der Waals surface area contributed by atoms with Gasteiger partial charge in [0.1, 0.15) is 39.9 Å². The fourth-order valence-electron chi connectivity index (χ4n) is 8.30. The molecule has 16 nitrogen and oxygen atoms in total. The molecule has 1 saturated carbocycles. The van der Waals surface area contributed by atoms with Crippen LogP contribution in [0.3, 0.4) is 0 Å². The molecule has 338 valence electrons. The molecule has 0 unspecified atom stereocenters. The molecule has 63 heavy (non-hydrogen) atoms. The summed E-state index contributed by atoms with van der Waals surface area (Å²) in [6.07, 6.45) is 5.55. The summed E-state index contributed by atoms with van der Waals surface area (Å²) in [5, 5.41) is 8.48. The van der Waals surface area contributed by atoms with Crippen molar-refractivity contribution in [1.82, 2.24) is 39.1 Å². The average Bonchev–Trinajstić information content (AvgIpc) is 3.55. The normalized spacial score (nSPS) is 23.9. The summed E-state index contributed by atoms with van der Waals surface area (Å²) < 4.78 is 42.9. The molecule has 3 N–H and O–H groups in total. The van der Waals surface area contributed by atoms with Crippen molar-refractivity contribution >= 4 is 56.4 Å². The predicted molar refractivity (Wildman–Crippen MR) is 241 cm³/mol. The molecule has 2 aromatic heterocycles. The minimum absolute atomic E-state index is 0.0192. The zero-order valence-corrected chi connectivity index (χ0v) is 38.8. The second kappa shape index (κ2) is 18.0. The Hall–Kier alpha value is -5.33. The largest absolute Gasteiger partial charge is 0.459 e. The number of alkyl carbamates (subject to hydrolysis) is 1. The fourth-order valence-corrected chi connectivity index (χ4v) is 9.74. The van der Waals surface area contributed by atoms with E-state index in [0.29, 0.717) is 30.8 Å². The Morgan fingerprint density at radius 3 is 2.49 bits per heavy atom. The van der Waals surface area contributed by atoms with Gasteiger partial charge in [-0.25, -0.2) is 14.5 Å². The topological polar surface area (TPSA) is 194 Å². The number of imidazole rings is 1. The minimum atomic E-state index is -4.19. The summed E-state index contributed by atoms with van der Waals surface area (Å²) in [6, 6.07) is 12.0. The van der Waals surface area contributed by atoms with Crippen LogP contribution in [0.15, 0.2) is 60.0 Å². The highest BCUT2D eigenvalue weighted by Crippen LogP contribution is 2.46. The molecular weight excluding hydrogens is 845 g/mol. The summed E-state index contributed by atoms with van der Waals surface area (Å²) in [7, 11) is -1.59. The zero-order chi connectivity index (χ0) is 45.4. The molecule has 18 heteroatoms. The number of benzene rings is 2. The first-order valence-corrected chi connectivity index (χ1v) is 23.8. The fraction of sp³-hybridized carbons (Fsp3) is 0.511. The van der Waals surface area contributed by atoms with Crippen molar-refractivity contribution in [3.05, 3.63) is 65.6 Å². The third-order valence-corrected chi connectivity index (χ3v) is 14.0. The number of rotatable bonds is 9. The van der Waals surface area contributed by atoms with Gasteiger partial charge in [-0.1, -0.05) is 55.3 Å². The summed E-state index contributed by atoms with van der Waals surface area (Å²) >= 11 is 1.52. The summed E-state index contributed by atoms with van der Waals surface area (Å²) in [5.41, 5.74) is 2.98. The van der Waals surface area contributed by atoms with Crippen molar-refractivity contribution in [2.75, 3.05) is 20.6 Å². The molecule has 4 aromatic rings. The highest BCUT2D eigenvalue weighted by atomic mass is 32.2. The smallest absolute Gasteiger partial charge is 0.408 e. The van der Waals surface area contributed by atoms with Crippen molar-refractivity contribution in [3.63, 3.8) is 0 Å². The number of hydrogen-bond acceptors (Lipinski definition) is 11. The molecular formula is C45H58N8O8S2. The van der Waals surface area contributed by atoms with E-state index in [1.54, 1.807) is 20.8 Å². The average molecular weight is 903 g/mol. The lowest BCUT2D eigenvalue weighted by molar-refractivity contribution is -0.141. The Morgan fingerprint density at radius 2 is 1.78 bits per heavy atom. The van der Waals surface area contributed by atoms with Crippen LogP contribution in [0.4, 0.5) is 4.79 Å². The molecule has 5 atom stereocenters. The van der Waals surface area contributed by atoms with Gasteiger partial charge in [0.2, 0.25) is 11.8 Å². The summed E-state index contributed by atoms with van der Waals surface area (Å²) in [4.78, 5) is 67.8. The minimum Gasteiger partial charge on any atom is -0.459 e. The van der Waals surface area contributed by atoms with Gasteiger partial charge in [-0.2, -0.15) is 17.7 Å². The maximum absolute atomic E-state index is 14.7. The number of thiazole rings is 1. The van der Waals surface area contributed by atoms with Gasteiger partial charge >= 0.3 is 16.3 Å². The van der Waals surface area contributed by atoms with Crippen LogP contribution in [0, 0.1) is 12.8 Å². The van der Waals surface area contributed by atoms with Crippen LogP contribution in [-0.4, -0.2) is 106 Å². The number of aromatic nitrogens is 3. The van der Waals surface area contributed by atoms with Crippen LogP contribution in [-0.2, 0) is 29.3 Å². The second-order valence-electron chi connectivity index (χ2n) is 18.1. The van der Waals surface area contributed by atoms with Crippen molar-refractivity contribution in [2.24, 2.45) is 5.92 Å². The number of fused-ring (bicyclic) bond motifs is 3. The van der Waals surface area contributed by atoms with Gasteiger partial charge in [-0.05, 0) is 84.9 Å². The lowest BCUT2D eigenvalue weighted by Gasteiger charge is -2.30. The van der Waals surface area contributed by atoms with Gasteiger partial charge in [-0.15, -0.1) is 11.3 Å². The van der Waals surface area contributed by atoms with E-state index in [1.165, 1.54) is 30.3 Å². The number of aryl methyl sites for hydroxylation is 1. The molecule has 2 aromatic carbocycles. The third kappa shape index (κ3) is 9.92. The Morgan fingerprint density at radius 1 is 1.03 bits per heavy atom. The molecule has 3 aliphatic rings. The standard InChI is InChI=1S/C45H58N8O8S2/c1-27(2)53-35-22-16-20-32(39-46-34(26-62-39)31-19-15-14-17-28(31)3)37(35)48-42(53)60-30-23-36-38(54)49-45(41(56)50-63(58,59)51(7)8)24-29(45)18-12-10-9-11-13-21-33(40(55)52(36)25-30)47-43(57)61-44(4,5)6/h12,14-20,22,26-27,29-30,33,36H,9-11,13,21,23-25H2,1-8H3,(H,47,57)(H,49,54)(H,50,56)/b18-12-/t29-,30+,33-,36-,45+/m0/s1. The van der Waals surface area contributed by atoms with Gasteiger partial charge < -0.3 is 25.0 Å². The van der Waals surface area contributed by atoms with Crippen molar-refractivity contribution in [3.8, 4) is 27.8 Å². The van der Waals surface area contributed by atoms with Gasteiger partial charge in [0.15, 0.2) is 0 Å². The first-order valence-electron chi connectivity index (χ1n) is 21.5. The van der Waals surface area contributed by atoms with Crippen molar-refractivity contribution in [2.45, 2.75) is 122 Å². The van der Waals surface area contributed by atoms with E-state index in [4.69, 9.17) is 19.4 Å². The highest BCUT2D eigenvalue weighted by molar-refractivity contribution is 7.87. The van der Waals surface area contributed by atoms with E-state index < -0.39 is 69.3 Å². The monoisotopic (exact) mass is 902 g/mol. The van der Waals surface area contributed by atoms with Crippen LogP contribution in [0.5, 0.6) is 6.01 Å². The number of ether oxygens (including phenoxy) is 2. The molecule has 7 rings (SSSR count). The first kappa shape index (κ1) is 45.7. The third-order valence-electron chi connectivity index (χ3n) is 11.7. The van der Waals surface area contributed by atoms with Gasteiger partial charge in [0.25, 0.3) is 11.9 Å². The number of para-hydroxylation sites is 1. The van der Waals surface area contributed by atoms with Crippen LogP contribution in [0.25, 0.3) is 32.9 Å². The van der Waals surface area contributed by atoms with E-state index in [-0.39, 0.29) is 25.4 Å². The zero-order valence-electron chi connectivity index (χ0n) is 37.1. The Kier molecular flexibility index (Phi) is 13.1. The van der Waals surface area contributed by atoms with Crippen LogP contribution in [0.1, 0.15) is 91.2 Å². The van der Waals surface area contributed by atoms with E-state index in [9.17, 15) is 27.6 Å². The molecule has 0 spiro atoms. The maximum atomic E-state index is 14.7. The number of nitrogens with one attached hydrogen (secondary N) is 3. The maximum Gasteiger partial charge on any atom is 0.408 e. The van der Waals surface area contributed by atoms with Gasteiger partial charge in [0, 0.05) is 49.0 Å². The molecule has 1 saturated heterocycles. The van der Waals surface area contributed by atoms with Crippen molar-refractivity contribution < 1.29 is 37.1 Å². The van der Waals surface area contributed by atoms with E-state index in [0.717, 1.165) is 50.1 Å². The first-order chi connectivity index (χ1) is 29.8. The van der Waals surface area contributed by atoms with Crippen molar-refractivity contribution in [1.29, 1.82) is 0 Å².